The zero-order valence-corrected chi connectivity index (χ0v) is 12.6. The van der Waals surface area contributed by atoms with E-state index in [1.807, 2.05) is 37.3 Å². The number of rotatable bonds is 5. The van der Waals surface area contributed by atoms with E-state index in [9.17, 15) is 9.59 Å². The summed E-state index contributed by atoms with van der Waals surface area (Å²) in [6.45, 7) is 3.66. The second-order valence-corrected chi connectivity index (χ2v) is 5.48. The number of nitrogens with zero attached hydrogens (tertiary/aromatic N) is 2. The van der Waals surface area contributed by atoms with Gasteiger partial charge in [-0.25, -0.2) is 9.89 Å². The van der Waals surface area contributed by atoms with Gasteiger partial charge in [0.2, 0.25) is 5.91 Å². The van der Waals surface area contributed by atoms with Crippen LogP contribution in [-0.4, -0.2) is 26.8 Å². The van der Waals surface area contributed by atoms with Gasteiger partial charge in [0.15, 0.2) is 0 Å². The molecule has 6 nitrogen and oxygen atoms in total. The van der Waals surface area contributed by atoms with Crippen LogP contribution in [0.25, 0.3) is 0 Å². The number of hydrogen-bond donors (Lipinski definition) is 2. The maximum Gasteiger partial charge on any atom is 0.362 e. The molecule has 2 aromatic rings. The molecule has 0 spiro atoms. The summed E-state index contributed by atoms with van der Waals surface area (Å²) in [6.07, 6.45) is 0. The normalized spacial score (nSPS) is 11.9. The predicted molar refractivity (Wildman–Crippen MR) is 81.1 cm³/mol. The monoisotopic (exact) mass is 304 g/mol. The van der Waals surface area contributed by atoms with Crippen LogP contribution in [0.5, 0.6) is 0 Å². The number of nitrogens with one attached hydrogen (secondary N) is 2. The molecule has 0 saturated heterocycles. The van der Waals surface area contributed by atoms with Gasteiger partial charge in [-0.05, 0) is 19.4 Å². The Morgan fingerprint density at radius 3 is 2.81 bits per heavy atom. The van der Waals surface area contributed by atoms with Crippen LogP contribution in [-0.2, 0) is 4.79 Å². The van der Waals surface area contributed by atoms with Gasteiger partial charge in [0, 0.05) is 0 Å². The van der Waals surface area contributed by atoms with E-state index in [1.54, 1.807) is 6.92 Å². The Hall–Kier alpha value is -2.15. The van der Waals surface area contributed by atoms with Crippen molar-refractivity contribution in [1.82, 2.24) is 20.5 Å². The molecule has 2 rings (SSSR count). The number of H-pyrrole nitrogens is 1. The zero-order chi connectivity index (χ0) is 15.2. The lowest BCUT2D eigenvalue weighted by molar-refractivity contribution is -0.119. The molecule has 110 valence electrons. The minimum absolute atomic E-state index is 0.0642. The van der Waals surface area contributed by atoms with Crippen molar-refractivity contribution in [2.24, 2.45) is 0 Å². The Balaban J connectivity index is 1.90. The van der Waals surface area contributed by atoms with Crippen LogP contribution in [0, 0.1) is 6.92 Å². The van der Waals surface area contributed by atoms with E-state index < -0.39 is 5.69 Å². The summed E-state index contributed by atoms with van der Waals surface area (Å²) in [5, 5.41) is 9.44. The summed E-state index contributed by atoms with van der Waals surface area (Å²) in [5.74, 6) is 0.0775. The largest absolute Gasteiger partial charge is 0.362 e. The van der Waals surface area contributed by atoms with E-state index >= 15 is 0 Å². The molecule has 21 heavy (non-hydrogen) atoms. The van der Waals surface area contributed by atoms with Crippen LogP contribution in [0.4, 0.5) is 0 Å². The fourth-order valence-corrected chi connectivity index (χ4v) is 2.51. The Morgan fingerprint density at radius 2 is 2.10 bits per heavy atom. The minimum atomic E-state index is -0.513. The fourth-order valence-electron chi connectivity index (χ4n) is 1.76. The highest BCUT2D eigenvalue weighted by Gasteiger charge is 2.11. The summed E-state index contributed by atoms with van der Waals surface area (Å²) in [7, 11) is 0. The van der Waals surface area contributed by atoms with Crippen molar-refractivity contribution in [3.05, 3.63) is 52.1 Å². The first kappa shape index (κ1) is 15.2. The lowest BCUT2D eigenvalue weighted by atomic mass is 10.1. The average Bonchev–Trinajstić information content (AvgIpc) is 2.49. The first-order valence-electron chi connectivity index (χ1n) is 6.46. The van der Waals surface area contributed by atoms with Crippen molar-refractivity contribution >= 4 is 17.7 Å². The number of carbonyl (C=O) groups excluding carboxylic acids is 1. The lowest BCUT2D eigenvalue weighted by Crippen LogP contribution is -2.28. The molecule has 0 saturated carbocycles. The topological polar surface area (TPSA) is 87.7 Å². The molecule has 1 aromatic heterocycles. The number of hydrogen-bond acceptors (Lipinski definition) is 5. The third-order valence-electron chi connectivity index (χ3n) is 2.85. The van der Waals surface area contributed by atoms with Gasteiger partial charge in [0.1, 0.15) is 5.03 Å². The SMILES string of the molecule is Cc1n[nH]c(=O)nc1SCC(=O)NC(C)c1ccccc1. The van der Waals surface area contributed by atoms with Gasteiger partial charge in [-0.3, -0.25) is 4.79 Å². The van der Waals surface area contributed by atoms with Gasteiger partial charge in [0.05, 0.1) is 17.5 Å². The van der Waals surface area contributed by atoms with Crippen molar-refractivity contribution in [3.63, 3.8) is 0 Å². The third kappa shape index (κ3) is 4.42. The van der Waals surface area contributed by atoms with Crippen molar-refractivity contribution in [1.29, 1.82) is 0 Å². The number of carbonyl (C=O) groups is 1. The molecule has 7 heteroatoms. The molecule has 0 radical (unpaired) electrons. The Morgan fingerprint density at radius 1 is 1.38 bits per heavy atom. The smallest absolute Gasteiger partial charge is 0.349 e. The Kier molecular flexibility index (Phi) is 5.10. The van der Waals surface area contributed by atoms with Gasteiger partial charge in [-0.2, -0.15) is 10.1 Å². The molecule has 1 heterocycles. The summed E-state index contributed by atoms with van der Waals surface area (Å²) in [6, 6.07) is 9.66. The van der Waals surface area contributed by atoms with Crippen LogP contribution < -0.4 is 11.0 Å². The van der Waals surface area contributed by atoms with Gasteiger partial charge < -0.3 is 5.32 Å². The predicted octanol–water partition coefficient (Wildman–Crippen LogP) is 1.44. The van der Waals surface area contributed by atoms with Gasteiger partial charge in [-0.1, -0.05) is 42.1 Å². The van der Waals surface area contributed by atoms with Crippen molar-refractivity contribution in [3.8, 4) is 0 Å². The van der Waals surface area contributed by atoms with Crippen molar-refractivity contribution in [2.75, 3.05) is 5.75 Å². The second-order valence-electron chi connectivity index (χ2n) is 4.52. The number of aromatic amines is 1. The Bertz CT molecular complexity index is 672. The van der Waals surface area contributed by atoms with E-state index in [4.69, 9.17) is 0 Å². The third-order valence-corrected chi connectivity index (χ3v) is 3.92. The molecule has 0 aliphatic rings. The van der Waals surface area contributed by atoms with E-state index in [0.29, 0.717) is 10.7 Å². The molecule has 1 amide bonds. The van der Waals surface area contributed by atoms with Crippen LogP contribution in [0.3, 0.4) is 0 Å². The molecule has 1 unspecified atom stereocenters. The highest BCUT2D eigenvalue weighted by molar-refractivity contribution is 7.99. The molecule has 2 N–H and O–H groups in total. The minimum Gasteiger partial charge on any atom is -0.349 e. The van der Waals surface area contributed by atoms with E-state index in [-0.39, 0.29) is 17.7 Å². The number of aromatic nitrogens is 3. The highest BCUT2D eigenvalue weighted by atomic mass is 32.2. The summed E-state index contributed by atoms with van der Waals surface area (Å²) in [5.41, 5.74) is 1.13. The molecule has 1 atom stereocenters. The molecule has 0 aliphatic carbocycles. The van der Waals surface area contributed by atoms with Crippen molar-refractivity contribution in [2.45, 2.75) is 24.9 Å². The Labute approximate surface area is 126 Å². The van der Waals surface area contributed by atoms with Gasteiger partial charge >= 0.3 is 5.69 Å². The number of benzene rings is 1. The molecule has 1 aromatic carbocycles. The molecular formula is C14H16N4O2S. The van der Waals surface area contributed by atoms with Crippen LogP contribution >= 0.6 is 11.8 Å². The number of thioether (sulfide) groups is 1. The first-order chi connectivity index (χ1) is 10.1. The van der Waals surface area contributed by atoms with E-state index in [1.165, 1.54) is 11.8 Å². The van der Waals surface area contributed by atoms with Crippen LogP contribution in [0.2, 0.25) is 0 Å². The maximum absolute atomic E-state index is 11.9. The number of amides is 1. The van der Waals surface area contributed by atoms with E-state index in [2.05, 4.69) is 20.5 Å². The average molecular weight is 304 g/mol. The summed E-state index contributed by atoms with van der Waals surface area (Å²) in [4.78, 5) is 26.8. The van der Waals surface area contributed by atoms with E-state index in [0.717, 1.165) is 5.56 Å². The van der Waals surface area contributed by atoms with Crippen LogP contribution in [0.1, 0.15) is 24.2 Å². The van der Waals surface area contributed by atoms with Gasteiger partial charge in [0.25, 0.3) is 0 Å². The summed E-state index contributed by atoms with van der Waals surface area (Å²) < 4.78 is 0. The zero-order valence-electron chi connectivity index (χ0n) is 11.8. The van der Waals surface area contributed by atoms with Crippen LogP contribution in [0.15, 0.2) is 40.2 Å². The number of aryl methyl sites for hydroxylation is 1. The molecule has 0 bridgehead atoms. The van der Waals surface area contributed by atoms with Gasteiger partial charge in [-0.15, -0.1) is 0 Å². The summed E-state index contributed by atoms with van der Waals surface area (Å²) >= 11 is 1.20. The lowest BCUT2D eigenvalue weighted by Gasteiger charge is -2.14. The van der Waals surface area contributed by atoms with Crippen molar-refractivity contribution < 1.29 is 4.79 Å². The maximum atomic E-state index is 11.9. The quantitative estimate of drug-likeness (QED) is 0.816. The highest BCUT2D eigenvalue weighted by Crippen LogP contribution is 2.16. The molecular weight excluding hydrogens is 288 g/mol. The molecule has 0 aliphatic heterocycles. The fraction of sp³-hybridized carbons (Fsp3) is 0.286. The standard InChI is InChI=1S/C14H16N4O2S/c1-9(11-6-4-3-5-7-11)15-12(19)8-21-13-10(2)17-18-14(20)16-13/h3-7,9H,8H2,1-2H3,(H,15,19)(H,16,18,20). The first-order valence-corrected chi connectivity index (χ1v) is 7.45. The molecule has 0 fully saturated rings. The second kappa shape index (κ2) is 7.03.